The number of carbonyl (C=O) groups excluding carboxylic acids is 1. The van der Waals surface area contributed by atoms with Crippen molar-refractivity contribution in [3.63, 3.8) is 0 Å². The molecule has 35 heavy (non-hydrogen) atoms. The van der Waals surface area contributed by atoms with Crippen molar-refractivity contribution in [1.29, 1.82) is 5.26 Å². The Labute approximate surface area is 205 Å². The molecule has 8 heteroatoms. The summed E-state index contributed by atoms with van der Waals surface area (Å²) in [7, 11) is 3.18. The normalized spacial score (nSPS) is 13.7. The predicted octanol–water partition coefficient (Wildman–Crippen LogP) is 3.68. The zero-order valence-electron chi connectivity index (χ0n) is 20.5. The lowest BCUT2D eigenvalue weighted by atomic mass is 10.1. The number of hydrogen-bond donors (Lipinski definition) is 0. The first-order valence-electron chi connectivity index (χ1n) is 11.5. The number of nitriles is 1. The summed E-state index contributed by atoms with van der Waals surface area (Å²) in [5.41, 5.74) is 3.92. The lowest BCUT2D eigenvalue weighted by molar-refractivity contribution is -0.132. The zero-order valence-corrected chi connectivity index (χ0v) is 20.5. The Morgan fingerprint density at radius 2 is 1.86 bits per heavy atom. The summed E-state index contributed by atoms with van der Waals surface area (Å²) in [6.07, 6.45) is 2.24. The highest BCUT2D eigenvalue weighted by molar-refractivity contribution is 5.84. The molecule has 3 aromatic rings. The van der Waals surface area contributed by atoms with Crippen LogP contribution in [0.1, 0.15) is 30.8 Å². The molecule has 0 spiro atoms. The zero-order chi connectivity index (χ0) is 24.9. The summed E-state index contributed by atoms with van der Waals surface area (Å²) >= 11 is 0. The van der Waals surface area contributed by atoms with Gasteiger partial charge in [-0.3, -0.25) is 4.79 Å². The molecule has 1 saturated heterocycles. The molecule has 0 atom stereocenters. The maximum absolute atomic E-state index is 12.6. The largest absolute Gasteiger partial charge is 0.495 e. The number of anilines is 1. The number of piperazine rings is 1. The fourth-order valence-electron chi connectivity index (χ4n) is 4.31. The third kappa shape index (κ3) is 5.19. The summed E-state index contributed by atoms with van der Waals surface area (Å²) in [5, 5.41) is 9.39. The van der Waals surface area contributed by atoms with Gasteiger partial charge in [0.2, 0.25) is 5.91 Å². The Bertz CT molecular complexity index is 1270. The Hall–Kier alpha value is -4.12. The van der Waals surface area contributed by atoms with Crippen LogP contribution in [0.3, 0.4) is 0 Å². The second kappa shape index (κ2) is 10.4. The van der Waals surface area contributed by atoms with E-state index in [0.29, 0.717) is 36.6 Å². The van der Waals surface area contributed by atoms with E-state index in [9.17, 15) is 10.1 Å². The van der Waals surface area contributed by atoms with E-state index in [1.165, 1.54) is 0 Å². The Morgan fingerprint density at radius 1 is 1.06 bits per heavy atom. The number of aromatic nitrogens is 2. The summed E-state index contributed by atoms with van der Waals surface area (Å²) in [6.45, 7) is 5.87. The summed E-state index contributed by atoms with van der Waals surface area (Å²) in [6, 6.07) is 15.6. The smallest absolute Gasteiger partial charge is 0.242 e. The maximum Gasteiger partial charge on any atom is 0.242 e. The van der Waals surface area contributed by atoms with Gasteiger partial charge in [0.25, 0.3) is 0 Å². The highest BCUT2D eigenvalue weighted by Gasteiger charge is 2.27. The van der Waals surface area contributed by atoms with Crippen LogP contribution in [0.25, 0.3) is 11.3 Å². The van der Waals surface area contributed by atoms with Crippen LogP contribution in [0.4, 0.5) is 5.69 Å². The van der Waals surface area contributed by atoms with Crippen LogP contribution in [-0.4, -0.2) is 60.7 Å². The molecule has 0 saturated carbocycles. The van der Waals surface area contributed by atoms with E-state index in [4.69, 9.17) is 14.5 Å². The van der Waals surface area contributed by atoms with Gasteiger partial charge in [-0.1, -0.05) is 6.07 Å². The molecule has 1 fully saturated rings. The summed E-state index contributed by atoms with van der Waals surface area (Å²) < 4.78 is 10.9. The summed E-state index contributed by atoms with van der Waals surface area (Å²) in [5.74, 6) is 2.04. The molecule has 0 unspecified atom stereocenters. The molecule has 1 aromatic heterocycles. The minimum absolute atomic E-state index is 0.126. The van der Waals surface area contributed by atoms with Crippen LogP contribution >= 0.6 is 0 Å². The van der Waals surface area contributed by atoms with E-state index in [0.717, 1.165) is 34.8 Å². The van der Waals surface area contributed by atoms with Crippen LogP contribution in [0.15, 0.2) is 48.7 Å². The van der Waals surface area contributed by atoms with Crippen molar-refractivity contribution in [3.05, 3.63) is 65.6 Å². The van der Waals surface area contributed by atoms with Gasteiger partial charge in [-0.15, -0.1) is 0 Å². The van der Waals surface area contributed by atoms with Crippen molar-refractivity contribution in [2.24, 2.45) is 0 Å². The minimum Gasteiger partial charge on any atom is -0.495 e. The molecule has 0 aliphatic carbocycles. The maximum atomic E-state index is 12.6. The topological polar surface area (TPSA) is 91.6 Å². The van der Waals surface area contributed by atoms with E-state index in [2.05, 4.69) is 16.0 Å². The highest BCUT2D eigenvalue weighted by Crippen LogP contribution is 2.31. The molecule has 1 aliphatic rings. The monoisotopic (exact) mass is 471 g/mol. The average Bonchev–Trinajstić information content (AvgIpc) is 2.88. The molecule has 1 aliphatic heterocycles. The number of nitrogens with zero attached hydrogens (tertiary/aromatic N) is 5. The highest BCUT2D eigenvalue weighted by atomic mass is 16.5. The van der Waals surface area contributed by atoms with Gasteiger partial charge in [-0.25, -0.2) is 9.97 Å². The van der Waals surface area contributed by atoms with Crippen molar-refractivity contribution < 1.29 is 14.3 Å². The van der Waals surface area contributed by atoms with Crippen LogP contribution in [0, 0.1) is 11.3 Å². The Balaban J connectivity index is 1.54. The van der Waals surface area contributed by atoms with E-state index in [-0.39, 0.29) is 11.9 Å². The molecule has 2 heterocycles. The van der Waals surface area contributed by atoms with Crippen LogP contribution in [0.2, 0.25) is 0 Å². The molecule has 4 rings (SSSR count). The lowest BCUT2D eigenvalue weighted by Crippen LogP contribution is -2.52. The van der Waals surface area contributed by atoms with E-state index < -0.39 is 0 Å². The number of methoxy groups -OCH3 is 2. The van der Waals surface area contributed by atoms with Gasteiger partial charge >= 0.3 is 0 Å². The summed E-state index contributed by atoms with van der Waals surface area (Å²) in [4.78, 5) is 25.7. The van der Waals surface area contributed by atoms with Crippen molar-refractivity contribution in [2.45, 2.75) is 26.3 Å². The quantitative estimate of drug-likeness (QED) is 0.519. The third-order valence-electron chi connectivity index (χ3n) is 6.15. The van der Waals surface area contributed by atoms with Crippen LogP contribution in [-0.2, 0) is 11.2 Å². The Kier molecular flexibility index (Phi) is 7.16. The molecule has 0 N–H and O–H groups in total. The first kappa shape index (κ1) is 24.0. The second-order valence-corrected chi connectivity index (χ2v) is 8.67. The van der Waals surface area contributed by atoms with Crippen molar-refractivity contribution >= 4 is 11.6 Å². The minimum atomic E-state index is 0.126. The van der Waals surface area contributed by atoms with Gasteiger partial charge in [-0.05, 0) is 55.8 Å². The average molecular weight is 472 g/mol. The first-order valence-corrected chi connectivity index (χ1v) is 11.5. The van der Waals surface area contributed by atoms with Gasteiger partial charge in [0.1, 0.15) is 23.4 Å². The predicted molar refractivity (Wildman–Crippen MR) is 134 cm³/mol. The molecular formula is C27H29N5O3. The number of carbonyl (C=O) groups is 1. The van der Waals surface area contributed by atoms with Crippen molar-refractivity contribution in [1.82, 2.24) is 14.9 Å². The van der Waals surface area contributed by atoms with Crippen molar-refractivity contribution in [3.8, 4) is 28.8 Å². The number of amides is 1. The molecule has 2 aromatic carbocycles. The van der Waals surface area contributed by atoms with Crippen LogP contribution < -0.4 is 14.4 Å². The number of hydrogen-bond acceptors (Lipinski definition) is 7. The fraction of sp³-hybridized carbons (Fsp3) is 0.333. The van der Waals surface area contributed by atoms with Gasteiger partial charge in [0.05, 0.1) is 37.7 Å². The first-order chi connectivity index (χ1) is 16.9. The second-order valence-electron chi connectivity index (χ2n) is 8.67. The lowest BCUT2D eigenvalue weighted by Gasteiger charge is -2.38. The number of ether oxygens (including phenoxy) is 2. The Morgan fingerprint density at radius 3 is 2.54 bits per heavy atom. The molecule has 1 amide bonds. The van der Waals surface area contributed by atoms with E-state index in [1.54, 1.807) is 32.5 Å². The van der Waals surface area contributed by atoms with Gasteiger partial charge in [0, 0.05) is 37.3 Å². The van der Waals surface area contributed by atoms with Gasteiger partial charge in [-0.2, -0.15) is 5.26 Å². The molecule has 8 nitrogen and oxygen atoms in total. The van der Waals surface area contributed by atoms with Crippen LogP contribution in [0.5, 0.6) is 11.5 Å². The van der Waals surface area contributed by atoms with Gasteiger partial charge < -0.3 is 19.3 Å². The van der Waals surface area contributed by atoms with E-state index >= 15 is 0 Å². The molecule has 0 radical (unpaired) electrons. The molecule has 0 bridgehead atoms. The standard InChI is InChI=1S/C27H29N5O3/c1-18(2)32-12-11-31(17-27(32)33)23-7-5-19(13-25(23)35-4)14-26-29-10-9-22(30-26)20-6-8-24(34-3)21(15-20)16-28/h5-10,13,15,18H,11-12,14,17H2,1-4H3. The third-order valence-corrected chi connectivity index (χ3v) is 6.15. The van der Waals surface area contributed by atoms with Gasteiger partial charge in [0.15, 0.2) is 0 Å². The van der Waals surface area contributed by atoms with Crippen molar-refractivity contribution in [2.75, 3.05) is 38.8 Å². The number of rotatable bonds is 7. The molecular weight excluding hydrogens is 442 g/mol. The van der Waals surface area contributed by atoms with E-state index in [1.807, 2.05) is 49.1 Å². The fourth-order valence-corrected chi connectivity index (χ4v) is 4.31. The molecule has 180 valence electrons. The SMILES string of the molecule is COc1ccc(-c2ccnc(Cc3ccc(N4CCN(C(C)C)C(=O)C4)c(OC)c3)n2)cc1C#N. The number of benzene rings is 2.